The molecule has 34 heavy (non-hydrogen) atoms. The van der Waals surface area contributed by atoms with Crippen LogP contribution in [0.3, 0.4) is 0 Å². The summed E-state index contributed by atoms with van der Waals surface area (Å²) in [6.07, 6.45) is 3.13. The van der Waals surface area contributed by atoms with Gasteiger partial charge in [-0.2, -0.15) is 0 Å². The highest BCUT2D eigenvalue weighted by Gasteiger charge is 2.24. The zero-order valence-corrected chi connectivity index (χ0v) is 18.2. The first-order valence-corrected chi connectivity index (χ1v) is 10.7. The monoisotopic (exact) mass is 452 g/mol. The predicted molar refractivity (Wildman–Crippen MR) is 133 cm³/mol. The molecule has 0 spiro atoms. The summed E-state index contributed by atoms with van der Waals surface area (Å²) in [5, 5.41) is 40.6. The van der Waals surface area contributed by atoms with Crippen molar-refractivity contribution in [2.45, 2.75) is 12.1 Å². The molecule has 0 aliphatic carbocycles. The van der Waals surface area contributed by atoms with E-state index in [9.17, 15) is 20.4 Å². The predicted octanol–water partition coefficient (Wildman–Crippen LogP) is 5.53. The lowest BCUT2D eigenvalue weighted by atomic mass is 9.93. The van der Waals surface area contributed by atoms with Gasteiger partial charge in [0.1, 0.15) is 35.1 Å². The maximum atomic E-state index is 10.2. The molecule has 170 valence electrons. The second-order valence-corrected chi connectivity index (χ2v) is 7.75. The largest absolute Gasteiger partial charge is 0.508 e. The maximum Gasteiger partial charge on any atom is 0.124 e. The topological polar surface area (TPSA) is 106 Å². The van der Waals surface area contributed by atoms with Crippen LogP contribution >= 0.6 is 0 Å². The van der Waals surface area contributed by atoms with Gasteiger partial charge in [-0.15, -0.1) is 0 Å². The summed E-state index contributed by atoms with van der Waals surface area (Å²) < 4.78 is 0. The van der Waals surface area contributed by atoms with Crippen molar-refractivity contribution in [2.24, 2.45) is 9.98 Å². The molecule has 6 heteroatoms. The minimum Gasteiger partial charge on any atom is -0.508 e. The van der Waals surface area contributed by atoms with Crippen LogP contribution in [0.1, 0.15) is 34.3 Å². The van der Waals surface area contributed by atoms with Crippen LogP contribution in [-0.2, 0) is 0 Å². The molecule has 0 heterocycles. The van der Waals surface area contributed by atoms with Crippen molar-refractivity contribution >= 4 is 12.4 Å². The summed E-state index contributed by atoms with van der Waals surface area (Å²) in [6, 6.07) is 25.9. The molecule has 0 aromatic heterocycles. The molecule has 0 fully saturated rings. The third-order valence-corrected chi connectivity index (χ3v) is 5.34. The van der Waals surface area contributed by atoms with Crippen LogP contribution in [0, 0.1) is 0 Å². The van der Waals surface area contributed by atoms with E-state index in [0.29, 0.717) is 22.3 Å². The molecule has 2 atom stereocenters. The lowest BCUT2D eigenvalue weighted by molar-refractivity contribution is 0.468. The molecular weight excluding hydrogens is 428 g/mol. The number of rotatable bonds is 7. The Morgan fingerprint density at radius 1 is 0.500 bits per heavy atom. The van der Waals surface area contributed by atoms with Crippen LogP contribution in [0.5, 0.6) is 23.0 Å². The summed E-state index contributed by atoms with van der Waals surface area (Å²) >= 11 is 0. The van der Waals surface area contributed by atoms with Crippen LogP contribution in [0.25, 0.3) is 0 Å². The van der Waals surface area contributed by atoms with Crippen LogP contribution < -0.4 is 0 Å². The fraction of sp³-hybridized carbons (Fsp3) is 0.0714. The third kappa shape index (κ3) is 5.42. The highest BCUT2D eigenvalue weighted by Crippen LogP contribution is 2.38. The van der Waals surface area contributed by atoms with Gasteiger partial charge in [0, 0.05) is 23.6 Å². The Bertz CT molecular complexity index is 1230. The molecule has 6 nitrogen and oxygen atoms in total. The van der Waals surface area contributed by atoms with Gasteiger partial charge >= 0.3 is 0 Å². The number of para-hydroxylation sites is 2. The molecule has 0 aliphatic rings. The zero-order chi connectivity index (χ0) is 23.9. The Labute approximate surface area is 197 Å². The first-order chi connectivity index (χ1) is 16.5. The number of hydrogen-bond acceptors (Lipinski definition) is 6. The summed E-state index contributed by atoms with van der Waals surface area (Å²) in [5.41, 5.74) is 2.45. The lowest BCUT2D eigenvalue weighted by Crippen LogP contribution is -2.09. The number of phenols is 4. The second kappa shape index (κ2) is 10.4. The first-order valence-electron chi connectivity index (χ1n) is 10.7. The molecule has 4 aromatic carbocycles. The summed E-state index contributed by atoms with van der Waals surface area (Å²) in [4.78, 5) is 9.51. The molecule has 0 amide bonds. The molecule has 0 unspecified atom stereocenters. The van der Waals surface area contributed by atoms with Crippen molar-refractivity contribution in [3.63, 3.8) is 0 Å². The minimum absolute atomic E-state index is 0.0830. The Kier molecular flexibility index (Phi) is 6.89. The van der Waals surface area contributed by atoms with Crippen molar-refractivity contribution in [1.29, 1.82) is 0 Å². The quantitative estimate of drug-likeness (QED) is 0.277. The van der Waals surface area contributed by atoms with Crippen molar-refractivity contribution < 1.29 is 20.4 Å². The van der Waals surface area contributed by atoms with Crippen molar-refractivity contribution in [3.05, 3.63) is 119 Å². The molecule has 4 rings (SSSR count). The van der Waals surface area contributed by atoms with Crippen LogP contribution in [-0.4, -0.2) is 32.9 Å². The van der Waals surface area contributed by atoms with Gasteiger partial charge < -0.3 is 20.4 Å². The van der Waals surface area contributed by atoms with Gasteiger partial charge in [0.15, 0.2) is 0 Å². The van der Waals surface area contributed by atoms with Crippen LogP contribution in [0.15, 0.2) is 107 Å². The van der Waals surface area contributed by atoms with Gasteiger partial charge in [0.05, 0.1) is 0 Å². The van der Waals surface area contributed by atoms with Crippen molar-refractivity contribution in [3.8, 4) is 23.0 Å². The molecular formula is C28H24N2O4. The van der Waals surface area contributed by atoms with Gasteiger partial charge in [-0.3, -0.25) is 9.98 Å². The normalized spacial score (nSPS) is 13.3. The number of aliphatic imine (C=N–C) groups is 2. The van der Waals surface area contributed by atoms with Gasteiger partial charge in [-0.25, -0.2) is 0 Å². The molecule has 0 saturated heterocycles. The maximum absolute atomic E-state index is 10.2. The van der Waals surface area contributed by atoms with Crippen LogP contribution in [0.2, 0.25) is 0 Å². The summed E-state index contributed by atoms with van der Waals surface area (Å²) in [5.74, 6) is 0.347. The number of phenolic OH excluding ortho intramolecular Hbond substituents is 4. The third-order valence-electron chi connectivity index (χ3n) is 5.34. The lowest BCUT2D eigenvalue weighted by Gasteiger charge is -2.22. The molecule has 0 aliphatic heterocycles. The van der Waals surface area contributed by atoms with E-state index in [1.165, 1.54) is 0 Å². The van der Waals surface area contributed by atoms with E-state index in [-0.39, 0.29) is 23.0 Å². The molecule has 0 saturated carbocycles. The second-order valence-electron chi connectivity index (χ2n) is 7.75. The van der Waals surface area contributed by atoms with Crippen molar-refractivity contribution in [2.75, 3.05) is 0 Å². The fourth-order valence-corrected chi connectivity index (χ4v) is 3.63. The smallest absolute Gasteiger partial charge is 0.124 e. The van der Waals surface area contributed by atoms with E-state index in [1.54, 1.807) is 97.4 Å². The average molecular weight is 453 g/mol. The fourth-order valence-electron chi connectivity index (χ4n) is 3.63. The first kappa shape index (κ1) is 22.6. The van der Waals surface area contributed by atoms with E-state index < -0.39 is 12.1 Å². The molecule has 0 radical (unpaired) electrons. The number of aromatic hydroxyl groups is 4. The van der Waals surface area contributed by atoms with Gasteiger partial charge in [0.2, 0.25) is 0 Å². The van der Waals surface area contributed by atoms with E-state index >= 15 is 0 Å². The van der Waals surface area contributed by atoms with Gasteiger partial charge in [-0.05, 0) is 59.7 Å². The highest BCUT2D eigenvalue weighted by molar-refractivity contribution is 5.84. The number of benzene rings is 4. The van der Waals surface area contributed by atoms with E-state index in [2.05, 4.69) is 0 Å². The standard InChI is InChI=1S/C28H24N2O4/c31-23-11-5-9-19(15-23)27(29-17-21-7-1-3-13-25(21)33)28(20-10-6-12-24(32)16-20)30-18-22-8-2-4-14-26(22)34/h1-18,27-28,31-34H/t27-,28+. The van der Waals surface area contributed by atoms with Gasteiger partial charge in [-0.1, -0.05) is 48.5 Å². The molecule has 4 aromatic rings. The van der Waals surface area contributed by atoms with E-state index in [0.717, 1.165) is 0 Å². The summed E-state index contributed by atoms with van der Waals surface area (Å²) in [6.45, 7) is 0. The Balaban J connectivity index is 1.84. The Morgan fingerprint density at radius 3 is 1.29 bits per heavy atom. The SMILES string of the molecule is Oc1cccc([C@@H](N=Cc2ccccc2O)[C@@H](N=Cc2ccccc2O)c2cccc(O)c2)c1. The highest BCUT2D eigenvalue weighted by atomic mass is 16.3. The minimum atomic E-state index is -0.615. The van der Waals surface area contributed by atoms with E-state index in [1.807, 2.05) is 12.1 Å². The Hall–Kier alpha value is -4.58. The zero-order valence-electron chi connectivity index (χ0n) is 18.2. The summed E-state index contributed by atoms with van der Waals surface area (Å²) in [7, 11) is 0. The van der Waals surface area contributed by atoms with Gasteiger partial charge in [0.25, 0.3) is 0 Å². The number of nitrogens with zero attached hydrogens (tertiary/aromatic N) is 2. The van der Waals surface area contributed by atoms with Crippen molar-refractivity contribution in [1.82, 2.24) is 0 Å². The Morgan fingerprint density at radius 2 is 0.912 bits per heavy atom. The van der Waals surface area contributed by atoms with Crippen LogP contribution in [0.4, 0.5) is 0 Å². The molecule has 0 bridgehead atoms. The molecule has 4 N–H and O–H groups in total. The van der Waals surface area contributed by atoms with E-state index in [4.69, 9.17) is 9.98 Å². The number of hydrogen-bond donors (Lipinski definition) is 4. The average Bonchev–Trinajstić information content (AvgIpc) is 2.83.